The van der Waals surface area contributed by atoms with E-state index in [4.69, 9.17) is 5.11 Å². The van der Waals surface area contributed by atoms with Gasteiger partial charge in [0.15, 0.2) is 5.13 Å². The molecule has 0 saturated heterocycles. The fraction of sp³-hybridized carbons (Fsp3) is 0.667. The summed E-state index contributed by atoms with van der Waals surface area (Å²) in [6, 6.07) is 0. The molecule has 0 amide bonds. The van der Waals surface area contributed by atoms with E-state index >= 15 is 0 Å². The summed E-state index contributed by atoms with van der Waals surface area (Å²) < 4.78 is 0. The quantitative estimate of drug-likeness (QED) is 0.700. The highest BCUT2D eigenvalue weighted by atomic mass is 32.1. The van der Waals surface area contributed by atoms with E-state index in [2.05, 4.69) is 10.3 Å². The lowest BCUT2D eigenvalue weighted by Crippen LogP contribution is -2.02. The summed E-state index contributed by atoms with van der Waals surface area (Å²) in [5, 5.41) is 14.7. The highest BCUT2D eigenvalue weighted by Crippen LogP contribution is 2.33. The van der Waals surface area contributed by atoms with Gasteiger partial charge >= 0.3 is 5.97 Å². The Morgan fingerprint density at radius 2 is 2.41 bits per heavy atom. The normalized spacial score (nSPS) is 14.8. The lowest BCUT2D eigenvalue weighted by atomic mass is 10.2. The van der Waals surface area contributed by atoms with E-state index in [-0.39, 0.29) is 6.42 Å². The summed E-state index contributed by atoms with van der Waals surface area (Å²) in [6.45, 7) is 0.975. The van der Waals surface area contributed by atoms with E-state index in [1.807, 2.05) is 5.38 Å². The molecule has 0 spiro atoms. The van der Waals surface area contributed by atoms with Crippen LogP contribution in [0.15, 0.2) is 5.38 Å². The van der Waals surface area contributed by atoms with Gasteiger partial charge in [0.25, 0.3) is 0 Å². The third-order valence-electron chi connectivity index (χ3n) is 2.91. The van der Waals surface area contributed by atoms with Gasteiger partial charge in [-0.3, -0.25) is 4.79 Å². The number of hydrogen-bond donors (Lipinski definition) is 2. The van der Waals surface area contributed by atoms with Gasteiger partial charge in [-0.25, -0.2) is 4.98 Å². The van der Waals surface area contributed by atoms with Crippen molar-refractivity contribution in [2.75, 3.05) is 11.9 Å². The summed E-state index contributed by atoms with van der Waals surface area (Å²) in [6.07, 6.45) is 6.03. The van der Waals surface area contributed by atoms with Crippen molar-refractivity contribution in [1.29, 1.82) is 0 Å². The maximum absolute atomic E-state index is 10.4. The second kappa shape index (κ2) is 6.00. The smallest absolute Gasteiger partial charge is 0.303 e. The number of aromatic nitrogens is 1. The van der Waals surface area contributed by atoms with Gasteiger partial charge < -0.3 is 10.4 Å². The molecular formula is C12H18N2O2S. The zero-order valence-corrected chi connectivity index (χ0v) is 10.6. The molecule has 0 unspecified atom stereocenters. The van der Waals surface area contributed by atoms with Crippen LogP contribution in [-0.4, -0.2) is 22.6 Å². The first-order chi connectivity index (χ1) is 8.24. The molecule has 4 nitrogen and oxygen atoms in total. The lowest BCUT2D eigenvalue weighted by Gasteiger charge is -2.01. The van der Waals surface area contributed by atoms with Crippen molar-refractivity contribution in [3.05, 3.63) is 11.1 Å². The number of aryl methyl sites for hydroxylation is 1. The molecule has 17 heavy (non-hydrogen) atoms. The van der Waals surface area contributed by atoms with Crippen LogP contribution in [0.4, 0.5) is 5.13 Å². The number of anilines is 1. The van der Waals surface area contributed by atoms with Gasteiger partial charge in [0.1, 0.15) is 0 Å². The molecule has 1 aromatic heterocycles. The van der Waals surface area contributed by atoms with E-state index in [1.165, 1.54) is 25.7 Å². The first-order valence-corrected chi connectivity index (χ1v) is 7.02. The average Bonchev–Trinajstić information content (AvgIpc) is 3.01. The van der Waals surface area contributed by atoms with Gasteiger partial charge in [-0.1, -0.05) is 12.8 Å². The number of thiazole rings is 1. The number of carbonyl (C=O) groups is 1. The van der Waals surface area contributed by atoms with E-state index in [1.54, 1.807) is 11.3 Å². The molecule has 0 atom stereocenters. The molecule has 0 radical (unpaired) electrons. The Morgan fingerprint density at radius 3 is 3.12 bits per heavy atom. The Bertz CT molecular complexity index is 374. The van der Waals surface area contributed by atoms with E-state index in [0.717, 1.165) is 23.3 Å². The highest BCUT2D eigenvalue weighted by Gasteiger charge is 2.19. The molecule has 0 aromatic carbocycles. The largest absolute Gasteiger partial charge is 0.481 e. The Balaban J connectivity index is 1.64. The van der Waals surface area contributed by atoms with Crippen molar-refractivity contribution in [1.82, 2.24) is 4.98 Å². The van der Waals surface area contributed by atoms with Crippen LogP contribution in [-0.2, 0) is 11.2 Å². The van der Waals surface area contributed by atoms with Crippen molar-refractivity contribution < 1.29 is 9.90 Å². The molecule has 0 aliphatic heterocycles. The molecule has 1 saturated carbocycles. The third kappa shape index (κ3) is 4.73. The molecule has 0 bridgehead atoms. The summed E-state index contributed by atoms with van der Waals surface area (Å²) in [4.78, 5) is 14.8. The molecular weight excluding hydrogens is 236 g/mol. The van der Waals surface area contributed by atoms with Crippen molar-refractivity contribution in [2.45, 2.75) is 38.5 Å². The van der Waals surface area contributed by atoms with Crippen LogP contribution in [0.5, 0.6) is 0 Å². The molecule has 1 fully saturated rings. The van der Waals surface area contributed by atoms with Crippen molar-refractivity contribution in [3.8, 4) is 0 Å². The van der Waals surface area contributed by atoms with Gasteiger partial charge in [0, 0.05) is 18.3 Å². The number of rotatable bonds is 8. The number of aliphatic carboxylic acids is 1. The SMILES string of the molecule is O=C(O)CCc1csc(NCCCC2CC2)n1. The fourth-order valence-electron chi connectivity index (χ4n) is 1.73. The molecule has 5 heteroatoms. The van der Waals surface area contributed by atoms with E-state index in [9.17, 15) is 4.79 Å². The second-order valence-corrected chi connectivity index (χ2v) is 5.41. The predicted octanol–water partition coefficient (Wildman–Crippen LogP) is 2.76. The number of carboxylic acids is 1. The monoisotopic (exact) mass is 254 g/mol. The molecule has 1 heterocycles. The molecule has 2 N–H and O–H groups in total. The Labute approximate surface area is 105 Å². The van der Waals surface area contributed by atoms with E-state index < -0.39 is 5.97 Å². The molecule has 1 aliphatic carbocycles. The summed E-state index contributed by atoms with van der Waals surface area (Å²) in [5.74, 6) is 0.219. The van der Waals surface area contributed by atoms with Crippen LogP contribution in [0.3, 0.4) is 0 Å². The van der Waals surface area contributed by atoms with Crippen molar-refractivity contribution in [2.24, 2.45) is 5.92 Å². The molecule has 2 rings (SSSR count). The number of nitrogens with one attached hydrogen (secondary N) is 1. The van der Waals surface area contributed by atoms with Gasteiger partial charge in [-0.15, -0.1) is 11.3 Å². The Morgan fingerprint density at radius 1 is 1.59 bits per heavy atom. The molecule has 94 valence electrons. The molecule has 1 aliphatic rings. The van der Waals surface area contributed by atoms with Crippen LogP contribution >= 0.6 is 11.3 Å². The second-order valence-electron chi connectivity index (χ2n) is 4.55. The van der Waals surface area contributed by atoms with Crippen LogP contribution < -0.4 is 5.32 Å². The zero-order chi connectivity index (χ0) is 12.1. The molecule has 1 aromatic rings. The summed E-state index contributed by atoms with van der Waals surface area (Å²) in [7, 11) is 0. The van der Waals surface area contributed by atoms with Gasteiger partial charge in [0.2, 0.25) is 0 Å². The lowest BCUT2D eigenvalue weighted by molar-refractivity contribution is -0.136. The highest BCUT2D eigenvalue weighted by molar-refractivity contribution is 7.13. The van der Waals surface area contributed by atoms with Crippen LogP contribution in [0.1, 0.15) is 37.8 Å². The topological polar surface area (TPSA) is 62.2 Å². The predicted molar refractivity (Wildman–Crippen MR) is 68.5 cm³/mol. The van der Waals surface area contributed by atoms with Crippen LogP contribution in [0.25, 0.3) is 0 Å². The standard InChI is InChI=1S/C12H18N2O2S/c15-11(16)6-5-10-8-17-12(14-10)13-7-1-2-9-3-4-9/h8-9H,1-7H2,(H,13,14)(H,15,16). The van der Waals surface area contributed by atoms with Gasteiger partial charge in [0.05, 0.1) is 12.1 Å². The zero-order valence-electron chi connectivity index (χ0n) is 9.82. The van der Waals surface area contributed by atoms with Crippen LogP contribution in [0, 0.1) is 5.92 Å². The first-order valence-electron chi connectivity index (χ1n) is 6.14. The van der Waals surface area contributed by atoms with Gasteiger partial charge in [-0.05, 0) is 18.8 Å². The minimum atomic E-state index is -0.767. The third-order valence-corrected chi connectivity index (χ3v) is 3.76. The first kappa shape index (κ1) is 12.4. The van der Waals surface area contributed by atoms with Crippen molar-refractivity contribution in [3.63, 3.8) is 0 Å². The van der Waals surface area contributed by atoms with Gasteiger partial charge in [-0.2, -0.15) is 0 Å². The van der Waals surface area contributed by atoms with E-state index in [0.29, 0.717) is 6.42 Å². The Kier molecular flexibility index (Phi) is 4.36. The maximum atomic E-state index is 10.4. The average molecular weight is 254 g/mol. The Hall–Kier alpha value is -1.10. The number of nitrogens with zero attached hydrogens (tertiary/aromatic N) is 1. The van der Waals surface area contributed by atoms with Crippen molar-refractivity contribution >= 4 is 22.4 Å². The minimum absolute atomic E-state index is 0.158. The number of hydrogen-bond acceptors (Lipinski definition) is 4. The maximum Gasteiger partial charge on any atom is 0.303 e. The summed E-state index contributed by atoms with van der Waals surface area (Å²) in [5.41, 5.74) is 0.877. The minimum Gasteiger partial charge on any atom is -0.481 e. The van der Waals surface area contributed by atoms with Crippen LogP contribution in [0.2, 0.25) is 0 Å². The number of carboxylic acid groups (broad SMARTS) is 1. The summed E-state index contributed by atoms with van der Waals surface area (Å²) >= 11 is 1.56. The fourth-order valence-corrected chi connectivity index (χ4v) is 2.50.